The van der Waals surface area contributed by atoms with Gasteiger partial charge in [-0.15, -0.1) is 0 Å². The number of anilines is 1. The minimum Gasteiger partial charge on any atom is -0.482 e. The standard InChI is InChI=1S/C22H26Cl2N2O5S/c23-16-4-6-20(19(24)12-16)30-14-21(27)26(17-8-11-32(28,29)15-17)13-18-5-7-22(31-18)25-9-2-1-3-10-25/h4-7,12,17H,1-3,8-11,13-15H2. The number of ether oxygens (including phenoxy) is 1. The van der Waals surface area contributed by atoms with Crippen LogP contribution in [0.1, 0.15) is 31.4 Å². The number of halogens is 2. The highest BCUT2D eigenvalue weighted by molar-refractivity contribution is 7.91. The molecule has 2 aliphatic heterocycles. The molecule has 1 unspecified atom stereocenters. The number of benzene rings is 1. The number of hydrogen-bond acceptors (Lipinski definition) is 6. The summed E-state index contributed by atoms with van der Waals surface area (Å²) in [7, 11) is -3.17. The molecule has 32 heavy (non-hydrogen) atoms. The molecule has 10 heteroatoms. The van der Waals surface area contributed by atoms with E-state index in [2.05, 4.69) is 4.90 Å². The van der Waals surface area contributed by atoms with Gasteiger partial charge in [-0.25, -0.2) is 8.42 Å². The lowest BCUT2D eigenvalue weighted by molar-refractivity contribution is -0.136. The van der Waals surface area contributed by atoms with Crippen molar-refractivity contribution in [2.24, 2.45) is 0 Å². The van der Waals surface area contributed by atoms with Crippen LogP contribution in [0.25, 0.3) is 0 Å². The molecule has 7 nitrogen and oxygen atoms in total. The summed E-state index contributed by atoms with van der Waals surface area (Å²) in [5.74, 6) is 1.44. The third-order valence-electron chi connectivity index (χ3n) is 5.86. The van der Waals surface area contributed by atoms with E-state index in [1.54, 1.807) is 17.0 Å². The summed E-state index contributed by atoms with van der Waals surface area (Å²) in [5, 5.41) is 0.770. The zero-order valence-corrected chi connectivity index (χ0v) is 20.0. The molecule has 2 aliphatic rings. The van der Waals surface area contributed by atoms with E-state index in [0.717, 1.165) is 31.8 Å². The van der Waals surface area contributed by atoms with Crippen LogP contribution < -0.4 is 9.64 Å². The molecule has 0 N–H and O–H groups in total. The second-order valence-electron chi connectivity index (χ2n) is 8.23. The van der Waals surface area contributed by atoms with E-state index < -0.39 is 15.9 Å². The van der Waals surface area contributed by atoms with Crippen LogP contribution in [0.4, 0.5) is 5.88 Å². The van der Waals surface area contributed by atoms with Crippen molar-refractivity contribution in [3.8, 4) is 5.75 Å². The van der Waals surface area contributed by atoms with Crippen LogP contribution in [-0.2, 0) is 21.2 Å². The number of rotatable bonds is 7. The number of furan rings is 1. The minimum atomic E-state index is -3.17. The van der Waals surface area contributed by atoms with Crippen LogP contribution in [0.3, 0.4) is 0 Å². The first-order valence-electron chi connectivity index (χ1n) is 10.7. The van der Waals surface area contributed by atoms with Gasteiger partial charge in [0.05, 0.1) is 23.1 Å². The van der Waals surface area contributed by atoms with Crippen LogP contribution in [0.2, 0.25) is 10.0 Å². The van der Waals surface area contributed by atoms with E-state index >= 15 is 0 Å². The summed E-state index contributed by atoms with van der Waals surface area (Å²) in [6.07, 6.45) is 3.88. The molecular weight excluding hydrogens is 475 g/mol. The molecule has 3 heterocycles. The quantitative estimate of drug-likeness (QED) is 0.567. The van der Waals surface area contributed by atoms with Gasteiger partial charge in [0, 0.05) is 30.2 Å². The maximum absolute atomic E-state index is 13.1. The van der Waals surface area contributed by atoms with Crippen molar-refractivity contribution in [1.82, 2.24) is 4.90 Å². The second-order valence-corrected chi connectivity index (χ2v) is 11.3. The van der Waals surface area contributed by atoms with Gasteiger partial charge >= 0.3 is 0 Å². The predicted octanol–water partition coefficient (Wildman–Crippen LogP) is 4.17. The Hall–Kier alpha value is -1.90. The number of amides is 1. The average Bonchev–Trinajstić information content (AvgIpc) is 3.38. The second kappa shape index (κ2) is 9.93. The molecule has 0 spiro atoms. The monoisotopic (exact) mass is 500 g/mol. The smallest absolute Gasteiger partial charge is 0.261 e. The van der Waals surface area contributed by atoms with Gasteiger partial charge < -0.3 is 19.0 Å². The summed E-state index contributed by atoms with van der Waals surface area (Å²) in [4.78, 5) is 16.8. The fraction of sp³-hybridized carbons (Fsp3) is 0.500. The Balaban J connectivity index is 1.47. The molecule has 174 valence electrons. The maximum atomic E-state index is 13.1. The average molecular weight is 501 g/mol. The number of hydrogen-bond donors (Lipinski definition) is 0. The Bertz CT molecular complexity index is 1070. The molecule has 1 amide bonds. The summed E-state index contributed by atoms with van der Waals surface area (Å²) in [6, 6.07) is 8.11. The van der Waals surface area contributed by atoms with Gasteiger partial charge in [0.1, 0.15) is 11.5 Å². The van der Waals surface area contributed by atoms with Crippen molar-refractivity contribution in [2.75, 3.05) is 36.1 Å². The van der Waals surface area contributed by atoms with E-state index in [1.165, 1.54) is 12.5 Å². The highest BCUT2D eigenvalue weighted by Gasteiger charge is 2.35. The molecule has 0 bridgehead atoms. The summed E-state index contributed by atoms with van der Waals surface area (Å²) in [5.41, 5.74) is 0. The van der Waals surface area contributed by atoms with Crippen LogP contribution in [-0.4, -0.2) is 56.5 Å². The van der Waals surface area contributed by atoms with Gasteiger partial charge in [0.15, 0.2) is 22.3 Å². The predicted molar refractivity (Wildman–Crippen MR) is 124 cm³/mol. The highest BCUT2D eigenvalue weighted by atomic mass is 35.5. The number of carbonyl (C=O) groups excluding carboxylic acids is 1. The van der Waals surface area contributed by atoms with Gasteiger partial charge in [0.25, 0.3) is 5.91 Å². The van der Waals surface area contributed by atoms with E-state index in [1.807, 2.05) is 12.1 Å². The Morgan fingerprint density at radius 3 is 2.62 bits per heavy atom. The Labute approximate surface area is 198 Å². The molecule has 2 fully saturated rings. The van der Waals surface area contributed by atoms with Crippen molar-refractivity contribution in [1.29, 1.82) is 0 Å². The molecule has 4 rings (SSSR count). The lowest BCUT2D eigenvalue weighted by Gasteiger charge is -2.28. The largest absolute Gasteiger partial charge is 0.482 e. The van der Waals surface area contributed by atoms with E-state index in [9.17, 15) is 13.2 Å². The lowest BCUT2D eigenvalue weighted by atomic mass is 10.1. The fourth-order valence-corrected chi connectivity index (χ4v) is 6.35. The fourth-order valence-electron chi connectivity index (χ4n) is 4.16. The number of nitrogens with zero attached hydrogens (tertiary/aromatic N) is 2. The van der Waals surface area contributed by atoms with Crippen molar-refractivity contribution in [3.63, 3.8) is 0 Å². The zero-order valence-electron chi connectivity index (χ0n) is 17.6. The van der Waals surface area contributed by atoms with Crippen LogP contribution >= 0.6 is 23.2 Å². The number of piperidine rings is 1. The Morgan fingerprint density at radius 1 is 1.16 bits per heavy atom. The molecule has 2 saturated heterocycles. The van der Waals surface area contributed by atoms with Crippen molar-refractivity contribution < 1.29 is 22.4 Å². The Morgan fingerprint density at radius 2 is 1.94 bits per heavy atom. The summed E-state index contributed by atoms with van der Waals surface area (Å²) >= 11 is 12.0. The molecule has 0 saturated carbocycles. The van der Waals surface area contributed by atoms with Crippen LogP contribution in [0.5, 0.6) is 5.75 Å². The first-order valence-corrected chi connectivity index (χ1v) is 13.3. The SMILES string of the molecule is O=C(COc1ccc(Cl)cc1Cl)N(Cc1ccc(N2CCCCC2)o1)C1CCS(=O)(=O)C1. The molecular formula is C22H26Cl2N2O5S. The zero-order chi connectivity index (χ0) is 22.7. The lowest BCUT2D eigenvalue weighted by Crippen LogP contribution is -2.43. The molecule has 0 aliphatic carbocycles. The molecule has 1 aromatic heterocycles. The highest BCUT2D eigenvalue weighted by Crippen LogP contribution is 2.29. The summed E-state index contributed by atoms with van der Waals surface area (Å²) in [6.45, 7) is 1.82. The third kappa shape index (κ3) is 5.71. The van der Waals surface area contributed by atoms with Crippen LogP contribution in [0, 0.1) is 0 Å². The topological polar surface area (TPSA) is 80.1 Å². The first-order chi connectivity index (χ1) is 15.3. The van der Waals surface area contributed by atoms with Crippen molar-refractivity contribution in [3.05, 3.63) is 46.1 Å². The van der Waals surface area contributed by atoms with Gasteiger partial charge in [0.2, 0.25) is 0 Å². The summed E-state index contributed by atoms with van der Waals surface area (Å²) < 4.78 is 35.7. The Kier molecular flexibility index (Phi) is 7.22. The number of carbonyl (C=O) groups is 1. The number of sulfone groups is 1. The van der Waals surface area contributed by atoms with E-state index in [0.29, 0.717) is 28.0 Å². The normalized spacial score (nSPS) is 20.3. The molecule has 1 aromatic carbocycles. The molecule has 0 radical (unpaired) electrons. The van der Waals surface area contributed by atoms with Crippen molar-refractivity contribution in [2.45, 2.75) is 38.3 Å². The molecule has 1 atom stereocenters. The van der Waals surface area contributed by atoms with Gasteiger partial charge in [-0.2, -0.15) is 0 Å². The van der Waals surface area contributed by atoms with E-state index in [-0.39, 0.29) is 30.6 Å². The van der Waals surface area contributed by atoms with Gasteiger partial charge in [-0.3, -0.25) is 4.79 Å². The maximum Gasteiger partial charge on any atom is 0.261 e. The first kappa shape index (κ1) is 23.3. The van der Waals surface area contributed by atoms with Gasteiger partial charge in [-0.1, -0.05) is 23.2 Å². The third-order valence-corrected chi connectivity index (χ3v) is 8.14. The van der Waals surface area contributed by atoms with Gasteiger partial charge in [-0.05, 0) is 49.9 Å². The minimum absolute atomic E-state index is 0.0554. The van der Waals surface area contributed by atoms with Crippen LogP contribution in [0.15, 0.2) is 34.7 Å². The van der Waals surface area contributed by atoms with Crippen molar-refractivity contribution >= 4 is 44.8 Å². The van der Waals surface area contributed by atoms with E-state index in [4.69, 9.17) is 32.4 Å². The molecule has 2 aromatic rings.